The van der Waals surface area contributed by atoms with Crippen molar-refractivity contribution in [1.82, 2.24) is 25.7 Å². The van der Waals surface area contributed by atoms with Crippen LogP contribution in [0.25, 0.3) is 11.4 Å². The summed E-state index contributed by atoms with van der Waals surface area (Å²) in [5, 5.41) is 9.00. The highest BCUT2D eigenvalue weighted by molar-refractivity contribution is 5.89. The maximum atomic E-state index is 13.1. The molecule has 1 aliphatic rings. The lowest BCUT2D eigenvalue weighted by atomic mass is 9.85. The minimum atomic E-state index is -4.71. The fourth-order valence-electron chi connectivity index (χ4n) is 4.64. The summed E-state index contributed by atoms with van der Waals surface area (Å²) in [5.41, 5.74) is 2.29. The predicted octanol–water partition coefficient (Wildman–Crippen LogP) is 4.14. The maximum absolute atomic E-state index is 13.1. The molecule has 1 fully saturated rings. The topological polar surface area (TPSA) is 100 Å². The molecule has 0 unspecified atom stereocenters. The predicted molar refractivity (Wildman–Crippen MR) is 134 cm³/mol. The van der Waals surface area contributed by atoms with Gasteiger partial charge in [-0.1, -0.05) is 66.7 Å². The minimum Gasteiger partial charge on any atom is -0.350 e. The first-order chi connectivity index (χ1) is 18.2. The molecule has 0 saturated carbocycles. The van der Waals surface area contributed by atoms with Crippen LogP contribution in [0.3, 0.4) is 0 Å². The largest absolute Gasteiger partial charge is 0.471 e. The number of piperidine rings is 1. The van der Waals surface area contributed by atoms with Crippen LogP contribution in [0.1, 0.15) is 49.6 Å². The fourth-order valence-corrected chi connectivity index (χ4v) is 4.64. The lowest BCUT2D eigenvalue weighted by Crippen LogP contribution is -2.54. The van der Waals surface area contributed by atoms with Crippen molar-refractivity contribution >= 4 is 11.8 Å². The number of carbonyl (C=O) groups is 2. The van der Waals surface area contributed by atoms with E-state index in [1.807, 2.05) is 25.1 Å². The second-order valence-electron chi connectivity index (χ2n) is 9.34. The van der Waals surface area contributed by atoms with Gasteiger partial charge in [0.1, 0.15) is 6.04 Å². The Labute approximate surface area is 218 Å². The van der Waals surface area contributed by atoms with Crippen LogP contribution in [0, 0.1) is 0 Å². The molecule has 0 aliphatic carbocycles. The van der Waals surface area contributed by atoms with Crippen molar-refractivity contribution in [1.29, 1.82) is 0 Å². The van der Waals surface area contributed by atoms with Crippen LogP contribution >= 0.6 is 0 Å². The summed E-state index contributed by atoms with van der Waals surface area (Å²) >= 11 is 0. The number of nitrogens with zero attached hydrogens (tertiary/aromatic N) is 3. The number of amides is 2. The number of hydrogen-bond acceptors (Lipinski definition) is 6. The van der Waals surface area contributed by atoms with E-state index < -0.39 is 18.1 Å². The van der Waals surface area contributed by atoms with Gasteiger partial charge >= 0.3 is 12.1 Å². The number of alkyl halides is 3. The second kappa shape index (κ2) is 11.8. The van der Waals surface area contributed by atoms with Crippen LogP contribution in [0.5, 0.6) is 0 Å². The highest BCUT2D eigenvalue weighted by atomic mass is 19.4. The van der Waals surface area contributed by atoms with E-state index in [1.54, 1.807) is 31.2 Å². The zero-order chi connectivity index (χ0) is 27.3. The Balaban J connectivity index is 1.30. The molecule has 4 rings (SSSR count). The molecule has 0 spiro atoms. The number of benzene rings is 2. The van der Waals surface area contributed by atoms with Crippen molar-refractivity contribution < 1.29 is 27.3 Å². The number of aromatic nitrogens is 2. The van der Waals surface area contributed by atoms with Crippen LogP contribution in [-0.4, -0.2) is 52.0 Å². The van der Waals surface area contributed by atoms with Crippen molar-refractivity contribution in [3.8, 4) is 11.4 Å². The summed E-state index contributed by atoms with van der Waals surface area (Å²) in [6, 6.07) is 15.5. The van der Waals surface area contributed by atoms with Gasteiger partial charge in [0.15, 0.2) is 0 Å². The molecule has 38 heavy (non-hydrogen) atoms. The molecule has 2 heterocycles. The minimum absolute atomic E-state index is 0.169. The summed E-state index contributed by atoms with van der Waals surface area (Å²) < 4.78 is 42.3. The Bertz CT molecular complexity index is 1230. The van der Waals surface area contributed by atoms with Gasteiger partial charge in [-0.3, -0.25) is 14.5 Å². The van der Waals surface area contributed by atoms with Crippen LogP contribution in [0.4, 0.5) is 13.2 Å². The molecule has 202 valence electrons. The van der Waals surface area contributed by atoms with Gasteiger partial charge in [-0.25, -0.2) is 0 Å². The van der Waals surface area contributed by atoms with Gasteiger partial charge < -0.3 is 15.2 Å². The summed E-state index contributed by atoms with van der Waals surface area (Å²) in [6.07, 6.45) is -3.04. The van der Waals surface area contributed by atoms with E-state index in [-0.39, 0.29) is 36.1 Å². The van der Waals surface area contributed by atoms with Gasteiger partial charge in [0.25, 0.3) is 0 Å². The monoisotopic (exact) mass is 529 g/mol. The highest BCUT2D eigenvalue weighted by Gasteiger charge is 2.38. The van der Waals surface area contributed by atoms with E-state index in [1.165, 1.54) is 5.56 Å². The van der Waals surface area contributed by atoms with Crippen LogP contribution in [0.2, 0.25) is 0 Å². The van der Waals surface area contributed by atoms with Crippen molar-refractivity contribution in [3.05, 3.63) is 71.6 Å². The van der Waals surface area contributed by atoms with Crippen molar-refractivity contribution in [3.63, 3.8) is 0 Å². The molecule has 11 heteroatoms. The molecule has 0 bridgehead atoms. The van der Waals surface area contributed by atoms with Crippen molar-refractivity contribution in [2.24, 2.45) is 0 Å². The third-order valence-corrected chi connectivity index (χ3v) is 6.79. The summed E-state index contributed by atoms with van der Waals surface area (Å²) in [4.78, 5) is 31.3. The lowest BCUT2D eigenvalue weighted by Gasteiger charge is -2.38. The summed E-state index contributed by atoms with van der Waals surface area (Å²) in [6.45, 7) is 5.40. The Morgan fingerprint density at radius 3 is 2.47 bits per heavy atom. The maximum Gasteiger partial charge on any atom is 0.471 e. The van der Waals surface area contributed by atoms with Crippen LogP contribution < -0.4 is 10.6 Å². The quantitative estimate of drug-likeness (QED) is 0.455. The van der Waals surface area contributed by atoms with E-state index in [4.69, 9.17) is 0 Å². The SMILES string of the molecule is CCN1CC[C@H](c2ccccc2)C[C@@H]1C(=O)N[C@@H](C)C(=O)NCc1ccc(-c2noc(C(F)(F)F)n2)cc1. The molecular formula is C27H30F3N5O3. The van der Waals surface area contributed by atoms with Crippen molar-refractivity contribution in [2.75, 3.05) is 13.1 Å². The van der Waals surface area contributed by atoms with Gasteiger partial charge in [-0.05, 0) is 49.9 Å². The van der Waals surface area contributed by atoms with Gasteiger partial charge in [0, 0.05) is 12.1 Å². The molecule has 0 radical (unpaired) electrons. The number of hydrogen-bond donors (Lipinski definition) is 2. The van der Waals surface area contributed by atoms with Gasteiger partial charge in [-0.2, -0.15) is 18.2 Å². The molecule has 1 aliphatic heterocycles. The Kier molecular flexibility index (Phi) is 8.45. The molecule has 8 nitrogen and oxygen atoms in total. The first-order valence-electron chi connectivity index (χ1n) is 12.5. The number of rotatable bonds is 8. The molecule has 3 aromatic rings. The molecule has 3 atom stereocenters. The molecule has 1 aromatic heterocycles. The number of likely N-dealkylation sites (N-methyl/N-ethyl adjacent to an activating group) is 1. The average Bonchev–Trinajstić information content (AvgIpc) is 3.43. The molecule has 2 N–H and O–H groups in total. The highest BCUT2D eigenvalue weighted by Crippen LogP contribution is 2.32. The second-order valence-corrected chi connectivity index (χ2v) is 9.34. The standard InChI is InChI=1S/C27H30F3N5O3/c1-3-35-14-13-21(19-7-5-4-6-8-19)15-22(35)25(37)32-17(2)24(36)31-16-18-9-11-20(12-10-18)23-33-26(38-34-23)27(28,29)30/h4-12,17,21-22H,3,13-16H2,1-2H3,(H,31,36)(H,32,37)/t17-,21-,22+/m0/s1. The third kappa shape index (κ3) is 6.58. The number of halogens is 3. The smallest absolute Gasteiger partial charge is 0.350 e. The van der Waals surface area contributed by atoms with E-state index in [0.29, 0.717) is 12.0 Å². The van der Waals surface area contributed by atoms with Gasteiger partial charge in [-0.15, -0.1) is 0 Å². The molecule has 1 saturated heterocycles. The van der Waals surface area contributed by atoms with E-state index in [0.717, 1.165) is 25.1 Å². The van der Waals surface area contributed by atoms with Gasteiger partial charge in [0.2, 0.25) is 17.6 Å². The number of nitrogens with one attached hydrogen (secondary N) is 2. The van der Waals surface area contributed by atoms with Gasteiger partial charge in [0.05, 0.1) is 6.04 Å². The first kappa shape index (κ1) is 27.3. The number of carbonyl (C=O) groups excluding carboxylic acids is 2. The summed E-state index contributed by atoms with van der Waals surface area (Å²) in [5.74, 6) is -1.81. The Morgan fingerprint density at radius 2 is 1.84 bits per heavy atom. The average molecular weight is 530 g/mol. The van der Waals surface area contributed by atoms with E-state index >= 15 is 0 Å². The van der Waals surface area contributed by atoms with Crippen LogP contribution in [-0.2, 0) is 22.3 Å². The lowest BCUT2D eigenvalue weighted by molar-refractivity contribution is -0.159. The zero-order valence-electron chi connectivity index (χ0n) is 21.2. The number of likely N-dealkylation sites (tertiary alicyclic amines) is 1. The zero-order valence-corrected chi connectivity index (χ0v) is 21.2. The summed E-state index contributed by atoms with van der Waals surface area (Å²) in [7, 11) is 0. The Hall–Kier alpha value is -3.73. The normalized spacial score (nSPS) is 19.1. The third-order valence-electron chi connectivity index (χ3n) is 6.79. The first-order valence-corrected chi connectivity index (χ1v) is 12.5. The van der Waals surface area contributed by atoms with E-state index in [9.17, 15) is 22.8 Å². The van der Waals surface area contributed by atoms with Crippen LogP contribution in [0.15, 0.2) is 59.1 Å². The Morgan fingerprint density at radius 1 is 1.13 bits per heavy atom. The fraction of sp³-hybridized carbons (Fsp3) is 0.407. The van der Waals surface area contributed by atoms with Crippen molar-refractivity contribution in [2.45, 2.75) is 57.4 Å². The molecular weight excluding hydrogens is 499 g/mol. The molecule has 2 aromatic carbocycles. The van der Waals surface area contributed by atoms with E-state index in [2.05, 4.69) is 42.3 Å². The molecule has 2 amide bonds.